The van der Waals surface area contributed by atoms with Crippen LogP contribution in [0.25, 0.3) is 22.3 Å². The zero-order valence-electron chi connectivity index (χ0n) is 24.2. The number of nitrogens with two attached hydrogens (primary N) is 1. The second kappa shape index (κ2) is 11.9. The predicted octanol–water partition coefficient (Wildman–Crippen LogP) is 2.66. The molecule has 44 heavy (non-hydrogen) atoms. The van der Waals surface area contributed by atoms with Crippen LogP contribution in [0.5, 0.6) is 0 Å². The molecule has 0 unspecified atom stereocenters. The van der Waals surface area contributed by atoms with Crippen LogP contribution in [0.15, 0.2) is 58.5 Å². The summed E-state index contributed by atoms with van der Waals surface area (Å²) in [5, 5.41) is 5.53. The van der Waals surface area contributed by atoms with Gasteiger partial charge in [-0.1, -0.05) is 12.1 Å². The molecule has 1 saturated heterocycles. The van der Waals surface area contributed by atoms with E-state index in [1.807, 2.05) is 4.90 Å². The maximum Gasteiger partial charge on any atom is 0.269 e. The van der Waals surface area contributed by atoms with Gasteiger partial charge in [-0.15, -0.1) is 0 Å². The molecule has 0 saturated carbocycles. The molecule has 0 radical (unpaired) electrons. The van der Waals surface area contributed by atoms with Crippen molar-refractivity contribution in [1.82, 2.24) is 23.8 Å². The number of primary sulfonamides is 1. The molecule has 3 aromatic heterocycles. The molecule has 5 rings (SSSR count). The van der Waals surface area contributed by atoms with Gasteiger partial charge in [0.25, 0.3) is 12.0 Å². The molecule has 1 aromatic carbocycles. The highest BCUT2D eigenvalue weighted by molar-refractivity contribution is 7.89. The minimum atomic E-state index is -3.93. The highest BCUT2D eigenvalue weighted by Gasteiger charge is 2.28. The lowest BCUT2D eigenvalue weighted by Gasteiger charge is -2.35. The van der Waals surface area contributed by atoms with Crippen molar-refractivity contribution in [1.29, 1.82) is 0 Å². The van der Waals surface area contributed by atoms with Crippen molar-refractivity contribution < 1.29 is 25.6 Å². The summed E-state index contributed by atoms with van der Waals surface area (Å²) in [6, 6.07) is 8.79. The minimum Gasteiger partial charge on any atom is -0.341 e. The number of nitrogens with zero attached hydrogens (tertiary/aromatic N) is 6. The van der Waals surface area contributed by atoms with E-state index in [1.165, 1.54) is 35.1 Å². The second-order valence-electron chi connectivity index (χ2n) is 10.8. The van der Waals surface area contributed by atoms with E-state index in [0.717, 1.165) is 16.2 Å². The van der Waals surface area contributed by atoms with Crippen LogP contribution in [-0.2, 0) is 26.6 Å². The topological polar surface area (TPSA) is 161 Å². The summed E-state index contributed by atoms with van der Waals surface area (Å²) in [6.07, 6.45) is 2.11. The van der Waals surface area contributed by atoms with Crippen LogP contribution in [-0.4, -0.2) is 73.1 Å². The number of halogens is 2. The Hall–Kier alpha value is -3.86. The first-order valence-corrected chi connectivity index (χ1v) is 17.0. The Labute approximate surface area is 253 Å². The number of hydrogen-bond acceptors (Lipinski definition) is 9. The standard InChI is InChI=1S/C28H31F2N7O5S2/c1-17-4-6-21(44(31,41)42)13-22(17)24-7-5-18(14-32-24)16-37-26-19(12-23(25(29)30)27(37)38)15-33-28(34-26)35(2)20-8-10-36(11-9-20)43(3,39)40/h4-7,12-15,20,25H,8-11,16H2,1-3H3,(H2,31,41,42). The number of pyridine rings is 2. The minimum absolute atomic E-state index is 0.0628. The van der Waals surface area contributed by atoms with E-state index in [-0.39, 0.29) is 34.5 Å². The van der Waals surface area contributed by atoms with Crippen molar-refractivity contribution >= 4 is 37.0 Å². The van der Waals surface area contributed by atoms with Crippen LogP contribution in [0.4, 0.5) is 14.7 Å². The molecular formula is C28H31F2N7O5S2. The molecule has 12 nitrogen and oxygen atoms in total. The Bertz CT molecular complexity index is 2000. The molecule has 0 bridgehead atoms. The van der Waals surface area contributed by atoms with Gasteiger partial charge in [0, 0.05) is 49.5 Å². The number of sulfonamides is 2. The third-order valence-electron chi connectivity index (χ3n) is 7.81. The van der Waals surface area contributed by atoms with Gasteiger partial charge in [0.1, 0.15) is 5.65 Å². The molecule has 0 atom stereocenters. The Morgan fingerprint density at radius 3 is 2.34 bits per heavy atom. The fourth-order valence-corrected chi connectivity index (χ4v) is 6.70. The van der Waals surface area contributed by atoms with Crippen molar-refractivity contribution in [3.05, 3.63) is 75.8 Å². The lowest BCUT2D eigenvalue weighted by molar-refractivity contribution is 0.149. The monoisotopic (exact) mass is 647 g/mol. The number of benzene rings is 1. The van der Waals surface area contributed by atoms with E-state index in [2.05, 4.69) is 15.0 Å². The zero-order valence-corrected chi connectivity index (χ0v) is 25.8. The van der Waals surface area contributed by atoms with Gasteiger partial charge in [0.2, 0.25) is 26.0 Å². The summed E-state index contributed by atoms with van der Waals surface area (Å²) < 4.78 is 77.8. The average Bonchev–Trinajstić information content (AvgIpc) is 2.97. The highest BCUT2D eigenvalue weighted by Crippen LogP contribution is 2.27. The van der Waals surface area contributed by atoms with Gasteiger partial charge in [0.15, 0.2) is 0 Å². The van der Waals surface area contributed by atoms with Gasteiger partial charge in [-0.3, -0.25) is 14.3 Å². The van der Waals surface area contributed by atoms with Crippen molar-refractivity contribution in [2.24, 2.45) is 5.14 Å². The predicted molar refractivity (Wildman–Crippen MR) is 161 cm³/mol. The lowest BCUT2D eigenvalue weighted by Crippen LogP contribution is -2.45. The van der Waals surface area contributed by atoms with Crippen LogP contribution < -0.4 is 15.6 Å². The number of anilines is 1. The normalized spacial score (nSPS) is 15.2. The molecular weight excluding hydrogens is 616 g/mol. The van der Waals surface area contributed by atoms with E-state index in [0.29, 0.717) is 42.8 Å². The number of rotatable bonds is 8. The molecule has 0 aliphatic carbocycles. The summed E-state index contributed by atoms with van der Waals surface area (Å²) in [5.74, 6) is 0.270. The third-order valence-corrected chi connectivity index (χ3v) is 10.0. The van der Waals surface area contributed by atoms with E-state index < -0.39 is 37.6 Å². The molecule has 4 aromatic rings. The number of aromatic nitrogens is 4. The van der Waals surface area contributed by atoms with E-state index >= 15 is 0 Å². The van der Waals surface area contributed by atoms with Crippen molar-refractivity contribution in [2.45, 2.75) is 43.7 Å². The Balaban J connectivity index is 1.49. The van der Waals surface area contributed by atoms with Crippen LogP contribution in [0.3, 0.4) is 0 Å². The van der Waals surface area contributed by atoms with Crippen LogP contribution in [0, 0.1) is 6.92 Å². The first kappa shape index (κ1) is 31.6. The Morgan fingerprint density at radius 1 is 1.05 bits per heavy atom. The van der Waals surface area contributed by atoms with Gasteiger partial charge in [0.05, 0.1) is 29.0 Å². The molecule has 16 heteroatoms. The summed E-state index contributed by atoms with van der Waals surface area (Å²) >= 11 is 0. The Kier molecular flexibility index (Phi) is 8.54. The molecule has 1 fully saturated rings. The third kappa shape index (κ3) is 6.47. The first-order valence-electron chi connectivity index (χ1n) is 13.6. The van der Waals surface area contributed by atoms with E-state index in [1.54, 1.807) is 32.2 Å². The van der Waals surface area contributed by atoms with Crippen LogP contribution >= 0.6 is 0 Å². The van der Waals surface area contributed by atoms with Gasteiger partial charge in [-0.25, -0.2) is 40.0 Å². The summed E-state index contributed by atoms with van der Waals surface area (Å²) in [4.78, 5) is 28.4. The van der Waals surface area contributed by atoms with Crippen molar-refractivity contribution in [3.63, 3.8) is 0 Å². The van der Waals surface area contributed by atoms with E-state index in [4.69, 9.17) is 5.14 Å². The van der Waals surface area contributed by atoms with Crippen LogP contribution in [0.2, 0.25) is 0 Å². The zero-order chi connectivity index (χ0) is 32.0. The molecule has 0 spiro atoms. The number of hydrogen-bond donors (Lipinski definition) is 1. The molecule has 2 N–H and O–H groups in total. The Morgan fingerprint density at radius 2 is 1.75 bits per heavy atom. The quantitative estimate of drug-likeness (QED) is 0.303. The molecule has 1 aliphatic heterocycles. The lowest BCUT2D eigenvalue weighted by atomic mass is 10.0. The number of fused-ring (bicyclic) bond motifs is 1. The number of piperidine rings is 1. The van der Waals surface area contributed by atoms with Gasteiger partial charge >= 0.3 is 0 Å². The number of alkyl halides is 2. The summed E-state index contributed by atoms with van der Waals surface area (Å²) in [7, 11) is -5.46. The first-order chi connectivity index (χ1) is 20.6. The summed E-state index contributed by atoms with van der Waals surface area (Å²) in [5.41, 5.74) is 0.866. The largest absolute Gasteiger partial charge is 0.341 e. The highest BCUT2D eigenvalue weighted by atomic mass is 32.2. The maximum atomic E-state index is 13.9. The molecule has 4 heterocycles. The summed E-state index contributed by atoms with van der Waals surface area (Å²) in [6.45, 7) is 2.37. The number of aryl methyl sites for hydroxylation is 1. The molecule has 1 aliphatic rings. The van der Waals surface area contributed by atoms with Crippen LogP contribution in [0.1, 0.15) is 36.0 Å². The van der Waals surface area contributed by atoms with E-state index in [9.17, 15) is 30.4 Å². The molecule has 234 valence electrons. The fourth-order valence-electron chi connectivity index (χ4n) is 5.28. The van der Waals surface area contributed by atoms with Crippen molar-refractivity contribution in [2.75, 3.05) is 31.3 Å². The second-order valence-corrected chi connectivity index (χ2v) is 14.4. The fraction of sp³-hybridized carbons (Fsp3) is 0.357. The smallest absolute Gasteiger partial charge is 0.269 e. The van der Waals surface area contributed by atoms with Crippen molar-refractivity contribution in [3.8, 4) is 11.3 Å². The maximum absolute atomic E-state index is 13.9. The van der Waals surface area contributed by atoms with Gasteiger partial charge in [-0.05, 0) is 55.2 Å². The molecule has 0 amide bonds. The van der Waals surface area contributed by atoms with Gasteiger partial charge in [-0.2, -0.15) is 4.98 Å². The van der Waals surface area contributed by atoms with Gasteiger partial charge < -0.3 is 4.90 Å². The average molecular weight is 648 g/mol. The SMILES string of the molecule is Cc1ccc(S(N)(=O)=O)cc1-c1ccc(Cn2c(=O)c(C(F)F)cc3cnc(N(C)C4CCN(S(C)(=O)=O)CC4)nc32)cn1.